The van der Waals surface area contributed by atoms with Crippen LogP contribution in [-0.4, -0.2) is 16.1 Å². The lowest BCUT2D eigenvalue weighted by atomic mass is 9.70. The summed E-state index contributed by atoms with van der Waals surface area (Å²) in [6.07, 6.45) is 3.76. The molecule has 0 radical (unpaired) electrons. The fourth-order valence-corrected chi connectivity index (χ4v) is 5.38. The van der Waals surface area contributed by atoms with E-state index in [0.29, 0.717) is 11.3 Å². The number of fused-ring (bicyclic) bond motifs is 1. The van der Waals surface area contributed by atoms with Gasteiger partial charge < -0.3 is 4.74 Å². The second kappa shape index (κ2) is 6.14. The fraction of sp³-hybridized carbons (Fsp3) is 0.435. The molecule has 3 aliphatic carbocycles. The zero-order chi connectivity index (χ0) is 21.4. The van der Waals surface area contributed by atoms with Crippen LogP contribution < -0.4 is 0 Å². The standard InChI is InChI=1S/C23H26FNO3S/c1-13-19-18(20(26)14(2)23(13)10-11-23)12-22(4,5)21(19)28-15(3)16-6-8-17(9-7-16)29(24,25)27/h6-9,12,14,21,25H,3,10-11H2,1-2,4-5H3/t14-,21-,29?/m1/s1. The third-order valence-electron chi connectivity index (χ3n) is 6.91. The molecule has 1 aromatic carbocycles. The molecule has 0 saturated heterocycles. The topological polar surface area (TPSA) is 67.2 Å². The highest BCUT2D eigenvalue weighted by atomic mass is 32.3. The minimum absolute atomic E-state index is 0.00299. The molecule has 0 aliphatic heterocycles. The Bertz CT molecular complexity index is 1090. The number of ether oxygens (including phenoxy) is 1. The van der Waals surface area contributed by atoms with Crippen LogP contribution in [0.25, 0.3) is 5.76 Å². The molecule has 0 amide bonds. The molecule has 4 nitrogen and oxygen atoms in total. The van der Waals surface area contributed by atoms with Crippen LogP contribution in [0.5, 0.6) is 0 Å². The van der Waals surface area contributed by atoms with E-state index < -0.39 is 10.1 Å². The Morgan fingerprint density at radius 2 is 1.86 bits per heavy atom. The Kier molecular flexibility index (Phi) is 4.25. The van der Waals surface area contributed by atoms with Gasteiger partial charge in [0, 0.05) is 33.5 Å². The van der Waals surface area contributed by atoms with Gasteiger partial charge in [0.15, 0.2) is 5.78 Å². The van der Waals surface area contributed by atoms with E-state index in [2.05, 4.69) is 27.4 Å². The number of hydrogen-bond acceptors (Lipinski definition) is 4. The molecular weight excluding hydrogens is 389 g/mol. The maximum atomic E-state index is 13.4. The second-order valence-electron chi connectivity index (χ2n) is 9.09. The monoisotopic (exact) mass is 415 g/mol. The van der Waals surface area contributed by atoms with Gasteiger partial charge in [-0.15, -0.1) is 3.89 Å². The van der Waals surface area contributed by atoms with Gasteiger partial charge in [0.05, 0.1) is 4.90 Å². The molecule has 1 N–H and O–H groups in total. The number of allylic oxidation sites excluding steroid dienone is 1. The highest BCUT2D eigenvalue weighted by molar-refractivity contribution is 7.87. The van der Waals surface area contributed by atoms with E-state index in [-0.39, 0.29) is 33.5 Å². The highest BCUT2D eigenvalue weighted by Gasteiger charge is 2.59. The van der Waals surface area contributed by atoms with Crippen molar-refractivity contribution in [2.75, 3.05) is 0 Å². The zero-order valence-electron chi connectivity index (χ0n) is 17.2. The van der Waals surface area contributed by atoms with Crippen molar-refractivity contribution < 1.29 is 17.6 Å². The molecule has 0 aromatic heterocycles. The van der Waals surface area contributed by atoms with Crippen LogP contribution in [0.1, 0.15) is 46.1 Å². The number of ketones is 1. The summed E-state index contributed by atoms with van der Waals surface area (Å²) in [6, 6.07) is 5.75. The molecule has 3 atom stereocenters. The first-order valence-electron chi connectivity index (χ1n) is 9.81. The number of Topliss-reactive ketones (excluding diaryl/α,β-unsaturated/α-hetero) is 1. The minimum atomic E-state index is -4.25. The lowest BCUT2D eigenvalue weighted by Crippen LogP contribution is -2.35. The van der Waals surface area contributed by atoms with E-state index in [9.17, 15) is 12.9 Å². The van der Waals surface area contributed by atoms with Crippen molar-refractivity contribution in [3.63, 3.8) is 0 Å². The number of benzene rings is 1. The Labute approximate surface area is 171 Å². The van der Waals surface area contributed by atoms with Gasteiger partial charge in [-0.05, 0) is 44.0 Å². The van der Waals surface area contributed by atoms with Gasteiger partial charge in [0.25, 0.3) is 0 Å². The molecule has 1 spiro atoms. The van der Waals surface area contributed by atoms with E-state index in [1.165, 1.54) is 17.7 Å². The average molecular weight is 416 g/mol. The third-order valence-corrected chi connectivity index (χ3v) is 7.79. The fourth-order valence-electron chi connectivity index (χ4n) is 4.90. The summed E-state index contributed by atoms with van der Waals surface area (Å²) in [7, 11) is -4.25. The van der Waals surface area contributed by atoms with Crippen molar-refractivity contribution in [3.8, 4) is 0 Å². The average Bonchev–Trinajstić information content (AvgIpc) is 3.40. The first kappa shape index (κ1) is 20.1. The van der Waals surface area contributed by atoms with E-state index >= 15 is 0 Å². The van der Waals surface area contributed by atoms with Crippen molar-refractivity contribution in [2.45, 2.75) is 51.5 Å². The van der Waals surface area contributed by atoms with Crippen LogP contribution in [-0.2, 0) is 19.6 Å². The number of hydrogen-bond donors (Lipinski definition) is 1. The Balaban J connectivity index is 1.67. The summed E-state index contributed by atoms with van der Waals surface area (Å²) in [5, 5.41) is 0. The first-order chi connectivity index (χ1) is 13.4. The zero-order valence-corrected chi connectivity index (χ0v) is 18.0. The SMILES string of the molecule is C=C(O[C@@H]1C2=C(C)C3(CC3)[C@H](C)C(=O)C2=CC1(C)C)c1ccc(S(=N)(=O)F)cc1. The van der Waals surface area contributed by atoms with Crippen molar-refractivity contribution in [1.29, 1.82) is 4.78 Å². The summed E-state index contributed by atoms with van der Waals surface area (Å²) < 4.78 is 38.0. The van der Waals surface area contributed by atoms with Crippen molar-refractivity contribution in [1.82, 2.24) is 0 Å². The van der Waals surface area contributed by atoms with Gasteiger partial charge in [-0.2, -0.15) is 0 Å². The Hall–Kier alpha value is -2.21. The number of nitrogens with one attached hydrogen (secondary N) is 1. The predicted octanol–water partition coefficient (Wildman–Crippen LogP) is 5.61. The van der Waals surface area contributed by atoms with Gasteiger partial charge >= 0.3 is 0 Å². The van der Waals surface area contributed by atoms with Crippen molar-refractivity contribution >= 4 is 21.7 Å². The Morgan fingerprint density at radius 3 is 2.38 bits per heavy atom. The smallest absolute Gasteiger partial charge is 0.228 e. The van der Waals surface area contributed by atoms with Crippen LogP contribution in [0.15, 0.2) is 58.5 Å². The van der Waals surface area contributed by atoms with Gasteiger partial charge in [-0.1, -0.05) is 39.0 Å². The normalized spacial score (nSPS) is 28.6. The van der Waals surface area contributed by atoms with Gasteiger partial charge in [0.1, 0.15) is 11.9 Å². The van der Waals surface area contributed by atoms with Crippen LogP contribution >= 0.6 is 0 Å². The highest BCUT2D eigenvalue weighted by Crippen LogP contribution is 2.64. The van der Waals surface area contributed by atoms with Crippen LogP contribution in [0.2, 0.25) is 0 Å². The molecule has 1 fully saturated rings. The molecule has 1 unspecified atom stereocenters. The lowest BCUT2D eigenvalue weighted by molar-refractivity contribution is -0.120. The largest absolute Gasteiger partial charge is 0.485 e. The molecule has 1 saturated carbocycles. The number of rotatable bonds is 4. The second-order valence-corrected chi connectivity index (χ2v) is 10.5. The van der Waals surface area contributed by atoms with Crippen molar-refractivity contribution in [3.05, 3.63) is 59.2 Å². The summed E-state index contributed by atoms with van der Waals surface area (Å²) >= 11 is 0. The molecule has 29 heavy (non-hydrogen) atoms. The van der Waals surface area contributed by atoms with E-state index in [4.69, 9.17) is 9.52 Å². The van der Waals surface area contributed by atoms with Crippen LogP contribution in [0, 0.1) is 21.5 Å². The minimum Gasteiger partial charge on any atom is -0.485 e. The van der Waals surface area contributed by atoms with Crippen molar-refractivity contribution in [2.24, 2.45) is 16.7 Å². The molecule has 0 heterocycles. The predicted molar refractivity (Wildman–Crippen MR) is 111 cm³/mol. The van der Waals surface area contributed by atoms with Gasteiger partial charge in [-0.3, -0.25) is 4.79 Å². The van der Waals surface area contributed by atoms with Gasteiger partial charge in [0.2, 0.25) is 10.1 Å². The molecular formula is C23H26FNO3S. The lowest BCUT2D eigenvalue weighted by Gasteiger charge is -2.36. The summed E-state index contributed by atoms with van der Waals surface area (Å²) in [6.45, 7) is 12.3. The quantitative estimate of drug-likeness (QED) is 0.513. The molecule has 3 aliphatic rings. The third kappa shape index (κ3) is 3.00. The van der Waals surface area contributed by atoms with Gasteiger partial charge in [-0.25, -0.2) is 8.99 Å². The maximum absolute atomic E-state index is 13.4. The molecule has 6 heteroatoms. The molecule has 154 valence electrons. The Morgan fingerprint density at radius 1 is 1.28 bits per heavy atom. The van der Waals surface area contributed by atoms with E-state index in [1.54, 1.807) is 12.1 Å². The van der Waals surface area contributed by atoms with Crippen LogP contribution in [0.3, 0.4) is 0 Å². The maximum Gasteiger partial charge on any atom is 0.228 e. The summed E-state index contributed by atoms with van der Waals surface area (Å²) in [5.74, 6) is 0.601. The summed E-state index contributed by atoms with van der Waals surface area (Å²) in [4.78, 5) is 12.9. The van der Waals surface area contributed by atoms with E-state index in [1.807, 2.05) is 13.0 Å². The van der Waals surface area contributed by atoms with E-state index in [0.717, 1.165) is 24.0 Å². The number of carbonyl (C=O) groups excluding carboxylic acids is 1. The number of carbonyl (C=O) groups is 1. The molecule has 1 aromatic rings. The van der Waals surface area contributed by atoms with Crippen LogP contribution in [0.4, 0.5) is 3.89 Å². The first-order valence-corrected chi connectivity index (χ1v) is 11.3. The number of halogens is 1. The summed E-state index contributed by atoms with van der Waals surface area (Å²) in [5.41, 5.74) is 3.24. The molecule has 4 rings (SSSR count). The molecule has 0 bridgehead atoms.